The van der Waals surface area contributed by atoms with Gasteiger partial charge in [-0.05, 0) is 68.6 Å². The molecule has 4 nitrogen and oxygen atoms in total. The smallest absolute Gasteiger partial charge is 0.253 e. The summed E-state index contributed by atoms with van der Waals surface area (Å²) in [7, 11) is 0. The van der Waals surface area contributed by atoms with E-state index in [-0.39, 0.29) is 17.1 Å². The fraction of sp³-hybridized carbons (Fsp3) is 0.667. The number of hydrogen-bond donors (Lipinski definition) is 0. The molecule has 0 unspecified atom stereocenters. The molecule has 0 bridgehead atoms. The summed E-state index contributed by atoms with van der Waals surface area (Å²) in [6.45, 7) is 3.60. The number of benzene rings is 1. The third kappa shape index (κ3) is 4.16. The van der Waals surface area contributed by atoms with Crippen LogP contribution in [0.25, 0.3) is 0 Å². The van der Waals surface area contributed by atoms with Crippen molar-refractivity contribution < 1.29 is 23.0 Å². The molecule has 2 saturated heterocycles. The summed E-state index contributed by atoms with van der Waals surface area (Å²) >= 11 is 0. The molecule has 0 aromatic heterocycles. The molecule has 6 heteroatoms. The fourth-order valence-electron chi connectivity index (χ4n) is 4.41. The summed E-state index contributed by atoms with van der Waals surface area (Å²) in [6, 6.07) is 3.33. The Kier molecular flexibility index (Phi) is 5.46. The Bertz CT molecular complexity index is 684. The molecule has 2 aliphatic heterocycles. The molecule has 27 heavy (non-hydrogen) atoms. The van der Waals surface area contributed by atoms with Crippen molar-refractivity contribution in [1.29, 1.82) is 0 Å². The molecule has 148 valence electrons. The average Bonchev–Trinajstić information content (AvgIpc) is 3.43. The number of amides is 1. The Labute approximate surface area is 158 Å². The lowest BCUT2D eigenvalue weighted by molar-refractivity contribution is -0.0672. The van der Waals surface area contributed by atoms with Gasteiger partial charge in [0.2, 0.25) is 0 Å². The fourth-order valence-corrected chi connectivity index (χ4v) is 4.41. The molecule has 1 aromatic rings. The second-order valence-corrected chi connectivity index (χ2v) is 8.13. The van der Waals surface area contributed by atoms with Gasteiger partial charge >= 0.3 is 0 Å². The van der Waals surface area contributed by atoms with Crippen molar-refractivity contribution in [2.24, 2.45) is 11.8 Å². The molecule has 1 atom stereocenters. The molecule has 1 amide bonds. The number of carbonyl (C=O) groups is 1. The summed E-state index contributed by atoms with van der Waals surface area (Å²) in [4.78, 5) is 14.3. The third-order valence-electron chi connectivity index (χ3n) is 6.32. The lowest BCUT2D eigenvalue weighted by Crippen LogP contribution is -2.49. The first-order chi connectivity index (χ1) is 13.1. The van der Waals surface area contributed by atoms with Crippen LogP contribution in [0.2, 0.25) is 0 Å². The van der Waals surface area contributed by atoms with Gasteiger partial charge in [0.25, 0.3) is 5.91 Å². The van der Waals surface area contributed by atoms with Crippen molar-refractivity contribution in [2.45, 2.75) is 44.1 Å². The van der Waals surface area contributed by atoms with Gasteiger partial charge in [-0.3, -0.25) is 4.79 Å². The van der Waals surface area contributed by atoms with Crippen molar-refractivity contribution in [3.05, 3.63) is 35.4 Å². The number of rotatable bonds is 6. The topological polar surface area (TPSA) is 38.8 Å². The van der Waals surface area contributed by atoms with Crippen molar-refractivity contribution in [2.75, 3.05) is 32.9 Å². The van der Waals surface area contributed by atoms with Gasteiger partial charge in [0.15, 0.2) is 11.6 Å². The van der Waals surface area contributed by atoms with E-state index in [9.17, 15) is 13.6 Å². The van der Waals surface area contributed by atoms with Gasteiger partial charge in [0.1, 0.15) is 0 Å². The minimum atomic E-state index is -0.986. The highest BCUT2D eigenvalue weighted by Gasteiger charge is 2.46. The summed E-state index contributed by atoms with van der Waals surface area (Å²) in [5, 5.41) is 0. The summed E-state index contributed by atoms with van der Waals surface area (Å²) in [5.74, 6) is -0.914. The van der Waals surface area contributed by atoms with Gasteiger partial charge < -0.3 is 14.4 Å². The molecular formula is C21H27F2NO3. The van der Waals surface area contributed by atoms with Crippen LogP contribution in [0.15, 0.2) is 18.2 Å². The first kappa shape index (κ1) is 18.8. The normalized spacial score (nSPS) is 24.5. The highest BCUT2D eigenvalue weighted by Crippen LogP contribution is 2.42. The van der Waals surface area contributed by atoms with Gasteiger partial charge in [-0.2, -0.15) is 0 Å². The molecule has 0 N–H and O–H groups in total. The van der Waals surface area contributed by atoms with Crippen LogP contribution in [0.3, 0.4) is 0 Å². The van der Waals surface area contributed by atoms with Gasteiger partial charge in [0, 0.05) is 38.5 Å². The molecule has 0 radical (unpaired) electrons. The summed E-state index contributed by atoms with van der Waals surface area (Å²) in [6.07, 6.45) is 6.23. The zero-order chi connectivity index (χ0) is 18.9. The second-order valence-electron chi connectivity index (χ2n) is 8.13. The zero-order valence-corrected chi connectivity index (χ0v) is 15.6. The largest absolute Gasteiger partial charge is 0.381 e. The predicted octanol–water partition coefficient (Wildman–Crippen LogP) is 3.79. The molecule has 3 fully saturated rings. The maximum absolute atomic E-state index is 13.4. The molecule has 1 saturated carbocycles. The third-order valence-corrected chi connectivity index (χ3v) is 6.32. The highest BCUT2D eigenvalue weighted by atomic mass is 19.2. The molecule has 1 aliphatic carbocycles. The Hall–Kier alpha value is -1.53. The standard InChI is InChI=1S/C21H27F2NO3/c22-18-4-3-16(13-19(18)23)20(25)24-9-7-21(8-10-24)17(6-12-27-21)5-11-26-14-15-1-2-15/h3-4,13,15,17H,1-2,5-12,14H2/t17-/m0/s1. The van der Waals surface area contributed by atoms with E-state index >= 15 is 0 Å². The molecule has 1 spiro atoms. The van der Waals surface area contributed by atoms with E-state index < -0.39 is 11.6 Å². The Morgan fingerprint density at radius 3 is 2.67 bits per heavy atom. The summed E-state index contributed by atoms with van der Waals surface area (Å²) in [5.41, 5.74) is 0.0375. The number of hydrogen-bond acceptors (Lipinski definition) is 3. The number of halogens is 2. The van der Waals surface area contributed by atoms with E-state index in [1.165, 1.54) is 18.9 Å². The number of piperidine rings is 1. The van der Waals surface area contributed by atoms with Gasteiger partial charge in [-0.1, -0.05) is 0 Å². The van der Waals surface area contributed by atoms with E-state index in [2.05, 4.69) is 0 Å². The van der Waals surface area contributed by atoms with Crippen LogP contribution in [0.1, 0.15) is 48.9 Å². The van der Waals surface area contributed by atoms with Crippen molar-refractivity contribution >= 4 is 5.91 Å². The first-order valence-corrected chi connectivity index (χ1v) is 10.0. The molecule has 4 rings (SSSR count). The Morgan fingerprint density at radius 1 is 1.19 bits per heavy atom. The molecular weight excluding hydrogens is 352 g/mol. The average molecular weight is 379 g/mol. The zero-order valence-electron chi connectivity index (χ0n) is 15.6. The first-order valence-electron chi connectivity index (χ1n) is 10.0. The van der Waals surface area contributed by atoms with Crippen LogP contribution < -0.4 is 0 Å². The van der Waals surface area contributed by atoms with Crippen LogP contribution >= 0.6 is 0 Å². The van der Waals surface area contributed by atoms with Crippen LogP contribution in [0.4, 0.5) is 8.78 Å². The van der Waals surface area contributed by atoms with Crippen LogP contribution in [-0.4, -0.2) is 49.3 Å². The second kappa shape index (κ2) is 7.84. The van der Waals surface area contributed by atoms with E-state index in [1.54, 1.807) is 4.90 Å². The number of ether oxygens (including phenoxy) is 2. The van der Waals surface area contributed by atoms with Crippen LogP contribution in [-0.2, 0) is 9.47 Å². The summed E-state index contributed by atoms with van der Waals surface area (Å²) < 4.78 is 38.5. The molecule has 3 aliphatic rings. The van der Waals surface area contributed by atoms with Gasteiger partial charge in [0.05, 0.1) is 5.60 Å². The minimum absolute atomic E-state index is 0.159. The van der Waals surface area contributed by atoms with E-state index in [4.69, 9.17) is 9.47 Å². The maximum atomic E-state index is 13.4. The number of nitrogens with zero attached hydrogens (tertiary/aromatic N) is 1. The van der Waals surface area contributed by atoms with Crippen LogP contribution in [0.5, 0.6) is 0 Å². The van der Waals surface area contributed by atoms with Crippen molar-refractivity contribution in [3.63, 3.8) is 0 Å². The minimum Gasteiger partial charge on any atom is -0.381 e. The molecule has 1 aromatic carbocycles. The lowest BCUT2D eigenvalue weighted by atomic mass is 9.78. The van der Waals surface area contributed by atoms with Gasteiger partial charge in [-0.15, -0.1) is 0 Å². The lowest BCUT2D eigenvalue weighted by Gasteiger charge is -2.42. The Morgan fingerprint density at radius 2 is 1.96 bits per heavy atom. The van der Waals surface area contributed by atoms with Crippen molar-refractivity contribution in [3.8, 4) is 0 Å². The molecule has 2 heterocycles. The van der Waals surface area contributed by atoms with E-state index in [1.807, 2.05) is 0 Å². The predicted molar refractivity (Wildman–Crippen MR) is 96.4 cm³/mol. The van der Waals surface area contributed by atoms with E-state index in [0.717, 1.165) is 63.6 Å². The monoisotopic (exact) mass is 379 g/mol. The highest BCUT2D eigenvalue weighted by molar-refractivity contribution is 5.94. The van der Waals surface area contributed by atoms with Crippen LogP contribution in [0, 0.1) is 23.5 Å². The van der Waals surface area contributed by atoms with Gasteiger partial charge in [-0.25, -0.2) is 8.78 Å². The van der Waals surface area contributed by atoms with E-state index in [0.29, 0.717) is 19.0 Å². The maximum Gasteiger partial charge on any atom is 0.253 e. The quantitative estimate of drug-likeness (QED) is 0.706. The van der Waals surface area contributed by atoms with Crippen molar-refractivity contribution in [1.82, 2.24) is 4.90 Å². The number of carbonyl (C=O) groups excluding carboxylic acids is 1. The Balaban J connectivity index is 1.31. The number of likely N-dealkylation sites (tertiary alicyclic amines) is 1. The SMILES string of the molecule is O=C(c1ccc(F)c(F)c1)N1CCC2(CC1)OCC[C@@H]2CCOCC1CC1.